The summed E-state index contributed by atoms with van der Waals surface area (Å²) >= 11 is 0. The third kappa shape index (κ3) is 2.69. The molecule has 0 N–H and O–H groups in total. The largest absolute Gasteiger partial charge is 0.457 e. The predicted molar refractivity (Wildman–Crippen MR) is 122 cm³/mol. The Balaban J connectivity index is 1.74. The zero-order chi connectivity index (χ0) is 20.9. The van der Waals surface area contributed by atoms with Gasteiger partial charge in [0.05, 0.1) is 4.92 Å². The number of ether oxygens (including phenoxy) is 1. The Morgan fingerprint density at radius 2 is 1.26 bits per heavy atom. The zero-order valence-corrected chi connectivity index (χ0v) is 16.5. The summed E-state index contributed by atoms with van der Waals surface area (Å²) in [6.07, 6.45) is 0. The summed E-state index contributed by atoms with van der Waals surface area (Å²) in [5.41, 5.74) is 3.06. The van der Waals surface area contributed by atoms with E-state index in [1.165, 1.54) is 6.07 Å². The van der Waals surface area contributed by atoms with Gasteiger partial charge in [0.2, 0.25) is 0 Å². The van der Waals surface area contributed by atoms with Gasteiger partial charge in [0.25, 0.3) is 5.69 Å². The predicted octanol–water partition coefficient (Wildman–Crippen LogP) is 7.19. The Hall–Kier alpha value is -4.18. The molecule has 31 heavy (non-hydrogen) atoms. The van der Waals surface area contributed by atoms with E-state index >= 15 is 0 Å². The third-order valence-corrected chi connectivity index (χ3v) is 6.07. The van der Waals surface area contributed by atoms with E-state index in [0.29, 0.717) is 0 Å². The highest BCUT2D eigenvalue weighted by molar-refractivity contribution is 5.95. The number of fused-ring (bicyclic) bond motifs is 6. The summed E-state index contributed by atoms with van der Waals surface area (Å²) in [6, 6.07) is 31.5. The Kier molecular flexibility index (Phi) is 3.80. The van der Waals surface area contributed by atoms with E-state index in [-0.39, 0.29) is 16.5 Å². The molecule has 1 heterocycles. The average Bonchev–Trinajstić information content (AvgIpc) is 2.82. The first kappa shape index (κ1) is 17.7. The van der Waals surface area contributed by atoms with Crippen molar-refractivity contribution in [2.24, 2.45) is 0 Å². The van der Waals surface area contributed by atoms with Gasteiger partial charge in [0, 0.05) is 29.2 Å². The highest BCUT2D eigenvalue weighted by Crippen LogP contribution is 2.52. The van der Waals surface area contributed by atoms with Crippen LogP contribution in [0.1, 0.15) is 22.6 Å². The van der Waals surface area contributed by atoms with Crippen molar-refractivity contribution >= 4 is 27.2 Å². The van der Waals surface area contributed by atoms with Crippen LogP contribution < -0.4 is 4.74 Å². The number of benzene rings is 5. The second-order valence-electron chi connectivity index (χ2n) is 7.78. The molecule has 0 amide bonds. The van der Waals surface area contributed by atoms with Gasteiger partial charge in [-0.05, 0) is 39.2 Å². The minimum atomic E-state index is -0.336. The van der Waals surface area contributed by atoms with Crippen LogP contribution >= 0.6 is 0 Å². The molecule has 0 bridgehead atoms. The lowest BCUT2D eigenvalue weighted by atomic mass is 9.78. The molecule has 148 valence electrons. The van der Waals surface area contributed by atoms with Gasteiger partial charge in [-0.15, -0.1) is 0 Å². The Bertz CT molecular complexity index is 1420. The first-order chi connectivity index (χ1) is 15.2. The van der Waals surface area contributed by atoms with Crippen LogP contribution in [0.4, 0.5) is 5.69 Å². The molecule has 1 aliphatic rings. The van der Waals surface area contributed by atoms with Crippen LogP contribution in [0, 0.1) is 10.1 Å². The van der Waals surface area contributed by atoms with Crippen LogP contribution in [0.25, 0.3) is 21.5 Å². The fraction of sp³-hybridized carbons (Fsp3) is 0.0370. The third-order valence-electron chi connectivity index (χ3n) is 6.07. The lowest BCUT2D eigenvalue weighted by Gasteiger charge is -2.31. The van der Waals surface area contributed by atoms with Crippen molar-refractivity contribution in [3.8, 4) is 11.5 Å². The van der Waals surface area contributed by atoms with Crippen molar-refractivity contribution in [1.82, 2.24) is 0 Å². The number of rotatable bonds is 2. The molecule has 0 saturated carbocycles. The Morgan fingerprint density at radius 3 is 1.84 bits per heavy atom. The summed E-state index contributed by atoms with van der Waals surface area (Å²) in [5, 5.41) is 15.9. The van der Waals surface area contributed by atoms with Gasteiger partial charge in [0.1, 0.15) is 11.5 Å². The Morgan fingerprint density at radius 1 is 0.677 bits per heavy atom. The minimum Gasteiger partial charge on any atom is -0.457 e. The standard InChI is InChI=1S/C27H17NO3/c29-28(30)20-9-5-8-19(16-20)25-26-21-10-3-1-6-17(21)12-14-23(26)31-24-15-13-18-7-2-4-11-22(18)27(24)25/h1-16,25H. The number of hydrogen-bond donors (Lipinski definition) is 0. The molecule has 0 atom stereocenters. The summed E-state index contributed by atoms with van der Waals surface area (Å²) in [7, 11) is 0. The van der Waals surface area contributed by atoms with Crippen LogP contribution in [0.15, 0.2) is 97.1 Å². The van der Waals surface area contributed by atoms with Gasteiger partial charge in [-0.3, -0.25) is 10.1 Å². The number of nitro groups is 1. The van der Waals surface area contributed by atoms with Crippen LogP contribution in [0.2, 0.25) is 0 Å². The maximum Gasteiger partial charge on any atom is 0.269 e. The van der Waals surface area contributed by atoms with Gasteiger partial charge in [-0.2, -0.15) is 0 Å². The molecule has 0 saturated heterocycles. The molecule has 0 unspecified atom stereocenters. The minimum absolute atomic E-state index is 0.0903. The molecule has 4 heteroatoms. The molecule has 0 spiro atoms. The lowest BCUT2D eigenvalue weighted by Crippen LogP contribution is -2.13. The summed E-state index contributed by atoms with van der Waals surface area (Å²) < 4.78 is 6.39. The highest BCUT2D eigenvalue weighted by atomic mass is 16.6. The average molecular weight is 403 g/mol. The molecule has 0 aromatic heterocycles. The quantitative estimate of drug-likeness (QED) is 0.227. The molecular weight excluding hydrogens is 386 g/mol. The number of hydrogen-bond acceptors (Lipinski definition) is 3. The van der Waals surface area contributed by atoms with Gasteiger partial charge in [-0.25, -0.2) is 0 Å². The van der Waals surface area contributed by atoms with Gasteiger partial charge in [-0.1, -0.05) is 72.8 Å². The molecule has 0 radical (unpaired) electrons. The monoisotopic (exact) mass is 403 g/mol. The summed E-state index contributed by atoms with van der Waals surface area (Å²) in [5.74, 6) is 1.40. The van der Waals surface area contributed by atoms with Gasteiger partial charge >= 0.3 is 0 Å². The molecule has 4 nitrogen and oxygen atoms in total. The number of non-ortho nitro benzene ring substituents is 1. The fourth-order valence-corrected chi connectivity index (χ4v) is 4.74. The van der Waals surface area contributed by atoms with Crippen LogP contribution in [0.3, 0.4) is 0 Å². The first-order valence-corrected chi connectivity index (χ1v) is 10.2. The van der Waals surface area contributed by atoms with Crippen LogP contribution in [-0.2, 0) is 0 Å². The van der Waals surface area contributed by atoms with Crippen molar-refractivity contribution in [2.45, 2.75) is 5.92 Å². The van der Waals surface area contributed by atoms with Crippen molar-refractivity contribution in [3.63, 3.8) is 0 Å². The molecule has 0 aliphatic carbocycles. The second kappa shape index (κ2) is 6.67. The topological polar surface area (TPSA) is 52.4 Å². The summed E-state index contributed by atoms with van der Waals surface area (Å²) in [6.45, 7) is 0. The number of nitrogens with zero attached hydrogens (tertiary/aromatic N) is 1. The van der Waals surface area contributed by atoms with E-state index in [0.717, 1.165) is 49.7 Å². The first-order valence-electron chi connectivity index (χ1n) is 10.2. The van der Waals surface area contributed by atoms with Crippen molar-refractivity contribution in [2.75, 3.05) is 0 Å². The molecule has 0 fully saturated rings. The molecule has 1 aliphatic heterocycles. The molecule has 6 rings (SSSR count). The highest BCUT2D eigenvalue weighted by Gasteiger charge is 2.32. The van der Waals surface area contributed by atoms with E-state index in [1.54, 1.807) is 12.1 Å². The maximum absolute atomic E-state index is 11.5. The van der Waals surface area contributed by atoms with E-state index < -0.39 is 0 Å². The van der Waals surface area contributed by atoms with Crippen LogP contribution in [0.5, 0.6) is 11.5 Å². The molecule has 5 aromatic rings. The SMILES string of the molecule is O=[N+]([O-])c1cccc(C2c3c(ccc4ccccc34)Oc3ccc4ccccc4c32)c1. The second-order valence-corrected chi connectivity index (χ2v) is 7.78. The summed E-state index contributed by atoms with van der Waals surface area (Å²) in [4.78, 5) is 11.2. The van der Waals surface area contributed by atoms with E-state index in [9.17, 15) is 10.1 Å². The van der Waals surface area contributed by atoms with Crippen molar-refractivity contribution in [3.05, 3.63) is 124 Å². The molecular formula is C27H17NO3. The van der Waals surface area contributed by atoms with Gasteiger partial charge in [0.15, 0.2) is 0 Å². The fourth-order valence-electron chi connectivity index (χ4n) is 4.74. The van der Waals surface area contributed by atoms with Crippen molar-refractivity contribution in [1.29, 1.82) is 0 Å². The van der Waals surface area contributed by atoms with Gasteiger partial charge < -0.3 is 4.74 Å². The smallest absolute Gasteiger partial charge is 0.269 e. The molecule has 5 aromatic carbocycles. The normalized spacial score (nSPS) is 12.9. The zero-order valence-electron chi connectivity index (χ0n) is 16.5. The van der Waals surface area contributed by atoms with Crippen LogP contribution in [-0.4, -0.2) is 4.92 Å². The lowest BCUT2D eigenvalue weighted by molar-refractivity contribution is -0.384. The van der Waals surface area contributed by atoms with E-state index in [2.05, 4.69) is 36.4 Å². The van der Waals surface area contributed by atoms with E-state index in [1.807, 2.05) is 42.5 Å². The van der Waals surface area contributed by atoms with Crippen molar-refractivity contribution < 1.29 is 9.66 Å². The Labute approximate surface area is 178 Å². The van der Waals surface area contributed by atoms with E-state index in [4.69, 9.17) is 4.74 Å². The maximum atomic E-state index is 11.5. The number of nitro benzene ring substituents is 1.